The molecule has 0 aromatic heterocycles. The summed E-state index contributed by atoms with van der Waals surface area (Å²) < 4.78 is 85.9. The summed E-state index contributed by atoms with van der Waals surface area (Å²) in [5.74, 6) is -2.56. The fourth-order valence-corrected chi connectivity index (χ4v) is 4.00. The molecule has 3 atom stereocenters. The van der Waals surface area contributed by atoms with Crippen LogP contribution in [0.1, 0.15) is 11.1 Å². The molecule has 14 heteroatoms. The highest BCUT2D eigenvalue weighted by atomic mass is 35.5. The Bertz CT molecular complexity index is 1130. The van der Waals surface area contributed by atoms with Crippen molar-refractivity contribution in [2.75, 3.05) is 12.1 Å². The molecule has 0 aliphatic carbocycles. The number of phenols is 1. The van der Waals surface area contributed by atoms with E-state index in [4.69, 9.17) is 34.5 Å². The zero-order chi connectivity index (χ0) is 25.4. The number of benzene rings is 2. The van der Waals surface area contributed by atoms with Crippen LogP contribution in [0, 0.1) is 12.5 Å². The first kappa shape index (κ1) is 25.7. The van der Waals surface area contributed by atoms with Crippen LogP contribution in [0.4, 0.5) is 32.0 Å². The molecule has 2 N–H and O–H groups in total. The van der Waals surface area contributed by atoms with Gasteiger partial charge in [-0.2, -0.15) is 31.8 Å². The third-order valence-electron chi connectivity index (χ3n) is 4.88. The molecule has 3 unspecified atom stereocenters. The average molecular weight is 527 g/mol. The summed E-state index contributed by atoms with van der Waals surface area (Å²) in [4.78, 5) is 6.91. The number of nitrogens with one attached hydrogen (secondary N) is 1. The van der Waals surface area contributed by atoms with Gasteiger partial charge in [-0.25, -0.2) is 6.57 Å². The van der Waals surface area contributed by atoms with Crippen LogP contribution in [0.25, 0.3) is 4.85 Å². The zero-order valence-corrected chi connectivity index (χ0v) is 18.4. The van der Waals surface area contributed by atoms with Gasteiger partial charge >= 0.3 is 18.5 Å². The standard InChI is InChI=1S/C20H14Cl2F6N4O2/c1-29-17-15(20(26,27)28)18(30-8-9-3-4-13(33)14(5-9)34-2)32(31-17)16-11(21)6-10(7-12(16)22)19(23,24)25/h3-8,15,17-18,31,33H,2H3. The highest BCUT2D eigenvalue weighted by Crippen LogP contribution is 2.46. The van der Waals surface area contributed by atoms with Crippen LogP contribution < -0.4 is 15.2 Å². The molecule has 2 aromatic carbocycles. The van der Waals surface area contributed by atoms with Gasteiger partial charge in [-0.05, 0) is 35.9 Å². The molecule has 1 aliphatic heterocycles. The van der Waals surface area contributed by atoms with E-state index in [1.54, 1.807) is 0 Å². The van der Waals surface area contributed by atoms with Gasteiger partial charge in [-0.15, -0.1) is 0 Å². The molecule has 34 heavy (non-hydrogen) atoms. The molecule has 1 fully saturated rings. The number of phenolic OH excluding ortho intramolecular Hbond substituents is 1. The second-order valence-corrected chi connectivity index (χ2v) is 7.86. The topological polar surface area (TPSA) is 61.5 Å². The van der Waals surface area contributed by atoms with Crippen molar-refractivity contribution >= 4 is 35.1 Å². The predicted molar refractivity (Wildman–Crippen MR) is 113 cm³/mol. The zero-order valence-electron chi connectivity index (χ0n) is 16.9. The number of aromatic hydroxyl groups is 1. The molecule has 0 radical (unpaired) electrons. The summed E-state index contributed by atoms with van der Waals surface area (Å²) in [6.07, 6.45) is -12.4. The van der Waals surface area contributed by atoms with Crippen molar-refractivity contribution in [1.82, 2.24) is 5.43 Å². The number of nitrogens with zero attached hydrogens (tertiary/aromatic N) is 3. The maximum atomic E-state index is 13.9. The first-order chi connectivity index (χ1) is 15.8. The summed E-state index contributed by atoms with van der Waals surface area (Å²) in [5.41, 5.74) is 0.945. The molecule has 0 amide bonds. The second kappa shape index (κ2) is 9.40. The summed E-state index contributed by atoms with van der Waals surface area (Å²) in [6.45, 7) is 7.17. The van der Waals surface area contributed by atoms with Gasteiger partial charge in [-0.3, -0.25) is 14.8 Å². The quantitative estimate of drug-likeness (QED) is 0.295. The molecule has 0 bridgehead atoms. The Morgan fingerprint density at radius 3 is 2.26 bits per heavy atom. The van der Waals surface area contributed by atoms with E-state index >= 15 is 0 Å². The maximum Gasteiger partial charge on any atom is 0.416 e. The third-order valence-corrected chi connectivity index (χ3v) is 5.46. The van der Waals surface area contributed by atoms with E-state index in [0.29, 0.717) is 12.1 Å². The van der Waals surface area contributed by atoms with Crippen LogP contribution in [0.5, 0.6) is 11.5 Å². The number of hydrogen-bond donors (Lipinski definition) is 2. The van der Waals surface area contributed by atoms with Gasteiger partial charge in [0.1, 0.15) is 0 Å². The van der Waals surface area contributed by atoms with Crippen LogP contribution in [-0.2, 0) is 6.18 Å². The summed E-state index contributed by atoms with van der Waals surface area (Å²) >= 11 is 12.0. The van der Waals surface area contributed by atoms with Crippen LogP contribution in [-0.4, -0.2) is 36.9 Å². The molecule has 2 aromatic rings. The number of alkyl halides is 6. The van der Waals surface area contributed by atoms with Crippen LogP contribution in [0.15, 0.2) is 35.3 Å². The highest BCUT2D eigenvalue weighted by molar-refractivity contribution is 6.39. The fraction of sp³-hybridized carbons (Fsp3) is 0.300. The first-order valence-corrected chi connectivity index (χ1v) is 9.98. The monoisotopic (exact) mass is 526 g/mol. The van der Waals surface area contributed by atoms with Crippen molar-refractivity contribution in [3.8, 4) is 11.5 Å². The number of hydrazine groups is 1. The number of anilines is 1. The molecule has 182 valence electrons. The normalized spacial score (nSPS) is 21.2. The summed E-state index contributed by atoms with van der Waals surface area (Å²) in [6, 6.07) is 4.92. The van der Waals surface area contributed by atoms with Crippen molar-refractivity contribution in [3.05, 3.63) is 62.9 Å². The number of methoxy groups -OCH3 is 1. The number of aliphatic imine (C=N–C) groups is 1. The van der Waals surface area contributed by atoms with Gasteiger partial charge in [0, 0.05) is 6.21 Å². The lowest BCUT2D eigenvalue weighted by Crippen LogP contribution is -2.40. The second-order valence-electron chi connectivity index (χ2n) is 7.05. The minimum Gasteiger partial charge on any atom is -0.504 e. The van der Waals surface area contributed by atoms with Crippen LogP contribution >= 0.6 is 23.2 Å². The molecular formula is C20H14Cl2F6N4O2. The molecule has 0 spiro atoms. The molecule has 6 nitrogen and oxygen atoms in total. The summed E-state index contributed by atoms with van der Waals surface area (Å²) in [7, 11) is 1.27. The molecular weight excluding hydrogens is 513 g/mol. The number of halogens is 8. The molecule has 0 saturated carbocycles. The lowest BCUT2D eigenvalue weighted by Gasteiger charge is -2.27. The third kappa shape index (κ3) is 5.11. The van der Waals surface area contributed by atoms with Gasteiger partial charge in [0.05, 0.1) is 28.4 Å². The summed E-state index contributed by atoms with van der Waals surface area (Å²) in [5, 5.41) is 9.23. The minimum absolute atomic E-state index is 0.0330. The van der Waals surface area contributed by atoms with E-state index in [1.807, 2.05) is 0 Å². The SMILES string of the molecule is [C-]#[N+]C1NN(c2c(Cl)cc(C(F)(F)F)cc2Cl)C(N=Cc2ccc(O)c(OC)c2)C1C(F)(F)F. The lowest BCUT2D eigenvalue weighted by molar-refractivity contribution is -0.176. The first-order valence-electron chi connectivity index (χ1n) is 9.23. The number of ether oxygens (including phenoxy) is 1. The predicted octanol–water partition coefficient (Wildman–Crippen LogP) is 5.92. The van der Waals surface area contributed by atoms with Crippen LogP contribution in [0.2, 0.25) is 10.0 Å². The maximum absolute atomic E-state index is 13.9. The Labute approximate surface area is 199 Å². The fourth-order valence-electron chi connectivity index (χ4n) is 3.33. The lowest BCUT2D eigenvalue weighted by atomic mass is 10.0. The van der Waals surface area contributed by atoms with Crippen molar-refractivity contribution in [2.45, 2.75) is 24.7 Å². The molecule has 3 rings (SSSR count). The molecule has 1 saturated heterocycles. The van der Waals surface area contributed by atoms with Gasteiger partial charge in [0.15, 0.2) is 23.6 Å². The van der Waals surface area contributed by atoms with Crippen LogP contribution in [0.3, 0.4) is 0 Å². The molecule has 1 heterocycles. The Kier molecular flexibility index (Phi) is 7.12. The Balaban J connectivity index is 2.11. The highest BCUT2D eigenvalue weighted by Gasteiger charge is 2.61. The van der Waals surface area contributed by atoms with Gasteiger partial charge in [0.2, 0.25) is 0 Å². The van der Waals surface area contributed by atoms with Gasteiger partial charge < -0.3 is 9.84 Å². The van der Waals surface area contributed by atoms with Gasteiger partial charge in [-0.1, -0.05) is 23.2 Å². The van der Waals surface area contributed by atoms with E-state index < -0.39 is 51.9 Å². The smallest absolute Gasteiger partial charge is 0.416 e. The Morgan fingerprint density at radius 2 is 1.76 bits per heavy atom. The largest absolute Gasteiger partial charge is 0.504 e. The van der Waals surface area contributed by atoms with Crippen molar-refractivity contribution in [1.29, 1.82) is 0 Å². The Hall–Kier alpha value is -2.88. The van der Waals surface area contributed by atoms with Gasteiger partial charge in [0.25, 0.3) is 0 Å². The number of hydrogen-bond acceptors (Lipinski definition) is 5. The van der Waals surface area contributed by atoms with Crippen molar-refractivity contribution in [3.63, 3.8) is 0 Å². The average Bonchev–Trinajstić information content (AvgIpc) is 3.10. The van der Waals surface area contributed by atoms with Crippen molar-refractivity contribution < 1.29 is 36.2 Å². The van der Waals surface area contributed by atoms with E-state index in [2.05, 4.69) is 15.3 Å². The minimum atomic E-state index is -4.92. The van der Waals surface area contributed by atoms with Crippen molar-refractivity contribution in [2.24, 2.45) is 10.9 Å². The van der Waals surface area contributed by atoms with E-state index in [9.17, 15) is 31.4 Å². The number of rotatable bonds is 4. The Morgan fingerprint density at radius 1 is 1.15 bits per heavy atom. The van der Waals surface area contributed by atoms with E-state index in [0.717, 1.165) is 11.2 Å². The van der Waals surface area contributed by atoms with E-state index in [-0.39, 0.29) is 17.1 Å². The molecule has 1 aliphatic rings. The van der Waals surface area contributed by atoms with E-state index in [1.165, 1.54) is 25.3 Å².